The second kappa shape index (κ2) is 8.77. The predicted octanol–water partition coefficient (Wildman–Crippen LogP) is 2.64. The molecule has 138 valence electrons. The lowest BCUT2D eigenvalue weighted by Crippen LogP contribution is -2.43. The molecule has 0 spiro atoms. The topological polar surface area (TPSA) is 35.6 Å². The van der Waals surface area contributed by atoms with Gasteiger partial charge in [-0.25, -0.2) is 4.39 Å². The van der Waals surface area contributed by atoms with E-state index < -0.39 is 0 Å². The number of amides is 1. The summed E-state index contributed by atoms with van der Waals surface area (Å²) in [5, 5.41) is 3.15. The van der Waals surface area contributed by atoms with E-state index in [1.807, 2.05) is 12.1 Å². The molecule has 1 aromatic carbocycles. The van der Waals surface area contributed by atoms with Crippen molar-refractivity contribution in [3.05, 3.63) is 35.6 Å². The van der Waals surface area contributed by atoms with Crippen LogP contribution >= 0.6 is 0 Å². The molecule has 0 bridgehead atoms. The van der Waals surface area contributed by atoms with Gasteiger partial charge in [-0.05, 0) is 82.4 Å². The molecule has 3 rings (SSSR count). The first kappa shape index (κ1) is 18.3. The fourth-order valence-electron chi connectivity index (χ4n) is 4.00. The molecule has 0 saturated carbocycles. The summed E-state index contributed by atoms with van der Waals surface area (Å²) in [6.07, 6.45) is 5.54. The van der Waals surface area contributed by atoms with Crippen LogP contribution in [0, 0.1) is 11.7 Å². The number of carbonyl (C=O) groups is 1. The minimum atomic E-state index is -0.214. The molecular weight excluding hydrogens is 317 g/mol. The van der Waals surface area contributed by atoms with Crippen LogP contribution in [-0.4, -0.2) is 55.0 Å². The van der Waals surface area contributed by atoms with Gasteiger partial charge < -0.3 is 10.2 Å². The van der Waals surface area contributed by atoms with Gasteiger partial charge >= 0.3 is 0 Å². The van der Waals surface area contributed by atoms with E-state index in [0.29, 0.717) is 6.54 Å². The first-order valence-electron chi connectivity index (χ1n) is 9.56. The highest BCUT2D eigenvalue weighted by atomic mass is 19.1. The summed E-state index contributed by atoms with van der Waals surface area (Å²) >= 11 is 0. The number of halogens is 1. The van der Waals surface area contributed by atoms with Gasteiger partial charge in [0.1, 0.15) is 5.82 Å². The van der Waals surface area contributed by atoms with Crippen LogP contribution in [0.1, 0.15) is 37.7 Å². The highest BCUT2D eigenvalue weighted by Gasteiger charge is 2.30. The summed E-state index contributed by atoms with van der Waals surface area (Å²) in [6, 6.07) is 6.55. The molecule has 25 heavy (non-hydrogen) atoms. The van der Waals surface area contributed by atoms with E-state index in [-0.39, 0.29) is 17.8 Å². The number of rotatable bonds is 6. The van der Waals surface area contributed by atoms with Crippen molar-refractivity contribution in [1.82, 2.24) is 15.1 Å². The molecule has 1 amide bonds. The minimum absolute atomic E-state index is 0.0393. The lowest BCUT2D eigenvalue weighted by atomic mass is 9.94. The van der Waals surface area contributed by atoms with Gasteiger partial charge in [-0.1, -0.05) is 12.1 Å². The van der Waals surface area contributed by atoms with E-state index in [2.05, 4.69) is 22.2 Å². The molecule has 2 saturated heterocycles. The zero-order chi connectivity index (χ0) is 17.6. The maximum Gasteiger partial charge on any atom is 0.237 e. The zero-order valence-corrected chi connectivity index (χ0v) is 15.2. The molecule has 0 aliphatic carbocycles. The Bertz CT molecular complexity index is 555. The molecule has 1 N–H and O–H groups in total. The molecule has 1 unspecified atom stereocenters. The Labute approximate surface area is 150 Å². The SMILES string of the molecule is CN1CCC(CCNC(=O)C2CCCN2Cc2ccc(F)cc2)CC1. The number of hydrogen-bond donors (Lipinski definition) is 1. The van der Waals surface area contributed by atoms with E-state index in [4.69, 9.17) is 0 Å². The van der Waals surface area contributed by atoms with Crippen molar-refractivity contribution in [3.63, 3.8) is 0 Å². The number of piperidine rings is 1. The molecule has 2 fully saturated rings. The predicted molar refractivity (Wildman–Crippen MR) is 97.7 cm³/mol. The van der Waals surface area contributed by atoms with Gasteiger partial charge in [0.15, 0.2) is 0 Å². The Kier molecular flexibility index (Phi) is 6.43. The fraction of sp³-hybridized carbons (Fsp3) is 0.650. The van der Waals surface area contributed by atoms with Crippen molar-refractivity contribution >= 4 is 5.91 Å². The highest BCUT2D eigenvalue weighted by molar-refractivity contribution is 5.82. The van der Waals surface area contributed by atoms with Gasteiger partial charge in [0.05, 0.1) is 6.04 Å². The lowest BCUT2D eigenvalue weighted by Gasteiger charge is -2.29. The molecule has 2 aliphatic heterocycles. The number of hydrogen-bond acceptors (Lipinski definition) is 3. The first-order valence-corrected chi connectivity index (χ1v) is 9.56. The second-order valence-electron chi connectivity index (χ2n) is 7.58. The van der Waals surface area contributed by atoms with Crippen molar-refractivity contribution in [3.8, 4) is 0 Å². The molecule has 1 atom stereocenters. The number of nitrogens with zero attached hydrogens (tertiary/aromatic N) is 2. The molecule has 4 nitrogen and oxygen atoms in total. The van der Waals surface area contributed by atoms with E-state index in [1.165, 1.54) is 38.1 Å². The minimum Gasteiger partial charge on any atom is -0.355 e. The molecule has 1 aromatic rings. The van der Waals surface area contributed by atoms with Crippen molar-refractivity contribution in [2.24, 2.45) is 5.92 Å². The number of benzene rings is 1. The van der Waals surface area contributed by atoms with Crippen molar-refractivity contribution in [2.45, 2.75) is 44.7 Å². The Hall–Kier alpha value is -1.46. The third-order valence-corrected chi connectivity index (χ3v) is 5.66. The number of likely N-dealkylation sites (tertiary alicyclic amines) is 2. The summed E-state index contributed by atoms with van der Waals surface area (Å²) in [5.41, 5.74) is 1.06. The quantitative estimate of drug-likeness (QED) is 0.859. The van der Waals surface area contributed by atoms with Crippen LogP contribution in [0.25, 0.3) is 0 Å². The average Bonchev–Trinajstić information content (AvgIpc) is 3.07. The van der Waals surface area contributed by atoms with E-state index in [1.54, 1.807) is 0 Å². The summed E-state index contributed by atoms with van der Waals surface area (Å²) in [6.45, 7) is 4.78. The van der Waals surface area contributed by atoms with Gasteiger partial charge in [0.25, 0.3) is 0 Å². The van der Waals surface area contributed by atoms with Crippen molar-refractivity contribution in [2.75, 3.05) is 33.2 Å². The van der Waals surface area contributed by atoms with Gasteiger partial charge in [-0.2, -0.15) is 0 Å². The highest BCUT2D eigenvalue weighted by Crippen LogP contribution is 2.21. The van der Waals surface area contributed by atoms with Crippen LogP contribution in [0.15, 0.2) is 24.3 Å². The van der Waals surface area contributed by atoms with E-state index in [9.17, 15) is 9.18 Å². The van der Waals surface area contributed by atoms with Crippen LogP contribution < -0.4 is 5.32 Å². The van der Waals surface area contributed by atoms with E-state index in [0.717, 1.165) is 43.8 Å². The lowest BCUT2D eigenvalue weighted by molar-refractivity contribution is -0.125. The molecule has 2 heterocycles. The normalized spacial score (nSPS) is 23.0. The van der Waals surface area contributed by atoms with Gasteiger partial charge in [0.2, 0.25) is 5.91 Å². The monoisotopic (exact) mass is 347 g/mol. The third-order valence-electron chi connectivity index (χ3n) is 5.66. The number of nitrogens with one attached hydrogen (secondary N) is 1. The van der Waals surface area contributed by atoms with Crippen LogP contribution in [0.3, 0.4) is 0 Å². The Morgan fingerprint density at radius 1 is 1.16 bits per heavy atom. The van der Waals surface area contributed by atoms with Crippen molar-refractivity contribution in [1.29, 1.82) is 0 Å². The maximum absolute atomic E-state index is 13.0. The van der Waals surface area contributed by atoms with Crippen LogP contribution in [0.2, 0.25) is 0 Å². The summed E-state index contributed by atoms with van der Waals surface area (Å²) in [7, 11) is 2.17. The summed E-state index contributed by atoms with van der Waals surface area (Å²) in [5.74, 6) is 0.691. The molecular formula is C20H30FN3O. The molecule has 0 radical (unpaired) electrons. The average molecular weight is 347 g/mol. The standard InChI is InChI=1S/C20H30FN3O/c1-23-13-9-16(10-14-23)8-11-22-20(25)19-3-2-12-24(19)15-17-4-6-18(21)7-5-17/h4-7,16,19H,2-3,8-15H2,1H3,(H,22,25). The number of carbonyl (C=O) groups excluding carboxylic acids is 1. The van der Waals surface area contributed by atoms with Gasteiger partial charge in [-0.15, -0.1) is 0 Å². The van der Waals surface area contributed by atoms with E-state index >= 15 is 0 Å². The third kappa shape index (κ3) is 5.25. The second-order valence-corrected chi connectivity index (χ2v) is 7.58. The van der Waals surface area contributed by atoms with Crippen molar-refractivity contribution < 1.29 is 9.18 Å². The summed E-state index contributed by atoms with van der Waals surface area (Å²) in [4.78, 5) is 17.2. The van der Waals surface area contributed by atoms with Crippen LogP contribution in [0.5, 0.6) is 0 Å². The Morgan fingerprint density at radius 3 is 2.60 bits per heavy atom. The Morgan fingerprint density at radius 2 is 1.88 bits per heavy atom. The molecule has 2 aliphatic rings. The molecule has 0 aromatic heterocycles. The summed E-state index contributed by atoms with van der Waals surface area (Å²) < 4.78 is 13.0. The first-order chi connectivity index (χ1) is 12.1. The van der Waals surface area contributed by atoms with Crippen LogP contribution in [-0.2, 0) is 11.3 Å². The van der Waals surface area contributed by atoms with Gasteiger partial charge in [-0.3, -0.25) is 9.69 Å². The largest absolute Gasteiger partial charge is 0.355 e. The fourth-order valence-corrected chi connectivity index (χ4v) is 4.00. The molecule has 5 heteroatoms. The smallest absolute Gasteiger partial charge is 0.237 e. The maximum atomic E-state index is 13.0. The van der Waals surface area contributed by atoms with Crippen LogP contribution in [0.4, 0.5) is 4.39 Å². The zero-order valence-electron chi connectivity index (χ0n) is 15.2. The Balaban J connectivity index is 1.43. The van der Waals surface area contributed by atoms with Gasteiger partial charge in [0, 0.05) is 13.1 Å².